The van der Waals surface area contributed by atoms with Gasteiger partial charge in [0.15, 0.2) is 0 Å². The number of fused-ring (bicyclic) bond motifs is 1. The topological polar surface area (TPSA) is 107 Å². The van der Waals surface area contributed by atoms with Crippen LogP contribution in [0, 0.1) is 0 Å². The van der Waals surface area contributed by atoms with Crippen LogP contribution < -0.4 is 10.2 Å². The Balaban J connectivity index is 2.42. The number of nitrogens with zero attached hydrogens (tertiary/aromatic N) is 1. The van der Waals surface area contributed by atoms with Gasteiger partial charge in [-0.05, 0) is 17.7 Å². The van der Waals surface area contributed by atoms with Crippen LogP contribution in [0.1, 0.15) is 5.56 Å². The molecule has 1 aromatic rings. The maximum absolute atomic E-state index is 12.5. The number of carbonyl (C=O) groups excluding carboxylic acids is 1. The van der Waals surface area contributed by atoms with E-state index in [1.54, 1.807) is 36.4 Å². The predicted molar refractivity (Wildman–Crippen MR) is 79.2 cm³/mol. The molecule has 22 heavy (non-hydrogen) atoms. The van der Waals surface area contributed by atoms with Gasteiger partial charge in [-0.15, -0.1) is 0 Å². The number of hydrogen-bond acceptors (Lipinski definition) is 4. The summed E-state index contributed by atoms with van der Waals surface area (Å²) in [5.41, 5.74) is 1.17. The fourth-order valence-corrected chi connectivity index (χ4v) is 2.05. The SMILES string of the molecule is O=C(O)CN/C1=C/C=C\c2ccccc2N(CC(=O)O)C1=O. The van der Waals surface area contributed by atoms with E-state index in [1.807, 2.05) is 0 Å². The molecule has 0 atom stereocenters. The summed E-state index contributed by atoms with van der Waals surface area (Å²) in [6.45, 7) is -0.955. The third-order valence-corrected chi connectivity index (χ3v) is 2.97. The van der Waals surface area contributed by atoms with Gasteiger partial charge < -0.3 is 15.5 Å². The number of para-hydroxylation sites is 1. The maximum Gasteiger partial charge on any atom is 0.323 e. The van der Waals surface area contributed by atoms with Gasteiger partial charge in [0.05, 0.1) is 5.69 Å². The van der Waals surface area contributed by atoms with Gasteiger partial charge in [-0.25, -0.2) is 0 Å². The van der Waals surface area contributed by atoms with Crippen molar-refractivity contribution in [1.82, 2.24) is 5.32 Å². The molecular formula is C15H14N2O5. The van der Waals surface area contributed by atoms with Crippen molar-refractivity contribution < 1.29 is 24.6 Å². The highest BCUT2D eigenvalue weighted by Crippen LogP contribution is 2.24. The zero-order chi connectivity index (χ0) is 16.1. The fourth-order valence-electron chi connectivity index (χ4n) is 2.05. The van der Waals surface area contributed by atoms with Crippen molar-refractivity contribution in [2.75, 3.05) is 18.0 Å². The van der Waals surface area contributed by atoms with Gasteiger partial charge >= 0.3 is 11.9 Å². The fraction of sp³-hybridized carbons (Fsp3) is 0.133. The minimum Gasteiger partial charge on any atom is -0.480 e. The normalized spacial score (nSPS) is 17.5. The maximum atomic E-state index is 12.5. The molecule has 0 saturated heterocycles. The van der Waals surface area contributed by atoms with E-state index < -0.39 is 30.9 Å². The molecule has 0 radical (unpaired) electrons. The number of carboxylic acid groups (broad SMARTS) is 2. The number of amides is 1. The van der Waals surface area contributed by atoms with E-state index in [1.165, 1.54) is 6.08 Å². The van der Waals surface area contributed by atoms with Gasteiger partial charge in [-0.1, -0.05) is 30.4 Å². The van der Waals surface area contributed by atoms with E-state index in [4.69, 9.17) is 10.2 Å². The summed E-state index contributed by atoms with van der Waals surface area (Å²) in [7, 11) is 0. The zero-order valence-electron chi connectivity index (χ0n) is 11.5. The van der Waals surface area contributed by atoms with Crippen molar-refractivity contribution in [3.05, 3.63) is 47.7 Å². The quantitative estimate of drug-likeness (QED) is 0.738. The van der Waals surface area contributed by atoms with Crippen LogP contribution in [-0.4, -0.2) is 41.1 Å². The average Bonchev–Trinajstić information content (AvgIpc) is 2.46. The summed E-state index contributed by atoms with van der Waals surface area (Å²) in [4.78, 5) is 35.3. The number of carbonyl (C=O) groups is 3. The average molecular weight is 302 g/mol. The first-order valence-corrected chi connectivity index (χ1v) is 6.46. The van der Waals surface area contributed by atoms with E-state index in [-0.39, 0.29) is 5.70 Å². The first kappa shape index (κ1) is 15.3. The van der Waals surface area contributed by atoms with Gasteiger partial charge in [0.1, 0.15) is 18.8 Å². The number of nitrogens with one attached hydrogen (secondary N) is 1. The van der Waals surface area contributed by atoms with Crippen molar-refractivity contribution in [3.63, 3.8) is 0 Å². The number of anilines is 1. The molecule has 1 aromatic carbocycles. The van der Waals surface area contributed by atoms with Crippen molar-refractivity contribution in [1.29, 1.82) is 0 Å². The number of carboxylic acids is 2. The Labute approximate surface area is 126 Å². The lowest BCUT2D eigenvalue weighted by Crippen LogP contribution is -2.41. The molecule has 7 heteroatoms. The molecular weight excluding hydrogens is 288 g/mol. The molecule has 1 heterocycles. The van der Waals surface area contributed by atoms with Crippen LogP contribution >= 0.6 is 0 Å². The van der Waals surface area contributed by atoms with Crippen molar-refractivity contribution in [2.24, 2.45) is 0 Å². The predicted octanol–water partition coefficient (Wildman–Crippen LogP) is 0.689. The highest BCUT2D eigenvalue weighted by atomic mass is 16.4. The molecule has 1 amide bonds. The van der Waals surface area contributed by atoms with Crippen LogP contribution in [0.4, 0.5) is 5.69 Å². The lowest BCUT2D eigenvalue weighted by molar-refractivity contribution is -0.137. The first-order valence-electron chi connectivity index (χ1n) is 6.46. The molecule has 0 fully saturated rings. The van der Waals surface area contributed by atoms with E-state index >= 15 is 0 Å². The van der Waals surface area contributed by atoms with E-state index in [9.17, 15) is 14.4 Å². The number of allylic oxidation sites excluding steroid dienone is 2. The molecule has 7 nitrogen and oxygen atoms in total. The Morgan fingerprint density at radius 1 is 1.14 bits per heavy atom. The smallest absolute Gasteiger partial charge is 0.323 e. The van der Waals surface area contributed by atoms with Crippen molar-refractivity contribution >= 4 is 29.6 Å². The number of aliphatic carboxylic acids is 2. The summed E-state index contributed by atoms with van der Waals surface area (Å²) in [5, 5.41) is 20.2. The van der Waals surface area contributed by atoms with E-state index in [0.29, 0.717) is 11.3 Å². The molecule has 0 aromatic heterocycles. The molecule has 0 aliphatic carbocycles. The molecule has 0 saturated carbocycles. The third-order valence-electron chi connectivity index (χ3n) is 2.97. The standard InChI is InChI=1S/C15H14N2O5/c18-13(19)8-16-11-6-3-5-10-4-1-2-7-12(10)17(15(11)22)9-14(20)21/h1-7,16H,8-9H2,(H,18,19)(H,20,21)/b5-3-,11-6+. The molecule has 0 unspecified atom stereocenters. The third kappa shape index (κ3) is 3.51. The Kier molecular flexibility index (Phi) is 4.57. The second-order valence-corrected chi connectivity index (χ2v) is 4.53. The molecule has 1 aliphatic rings. The van der Waals surface area contributed by atoms with Crippen LogP contribution in [0.25, 0.3) is 6.08 Å². The first-order chi connectivity index (χ1) is 10.5. The molecule has 0 spiro atoms. The van der Waals surface area contributed by atoms with Gasteiger partial charge in [-0.2, -0.15) is 0 Å². The Bertz CT molecular complexity index is 678. The van der Waals surface area contributed by atoms with Crippen molar-refractivity contribution in [3.8, 4) is 0 Å². The second kappa shape index (κ2) is 6.57. The van der Waals surface area contributed by atoms with Crippen LogP contribution in [0.15, 0.2) is 42.1 Å². The summed E-state index contributed by atoms with van der Waals surface area (Å²) in [5.74, 6) is -2.88. The number of benzene rings is 1. The molecule has 0 bridgehead atoms. The lowest BCUT2D eigenvalue weighted by atomic mass is 10.1. The molecule has 114 valence electrons. The minimum atomic E-state index is -1.16. The van der Waals surface area contributed by atoms with Crippen molar-refractivity contribution in [2.45, 2.75) is 0 Å². The van der Waals surface area contributed by atoms with E-state index in [2.05, 4.69) is 5.32 Å². The Hall–Kier alpha value is -3.09. The van der Waals surface area contributed by atoms with E-state index in [0.717, 1.165) is 4.90 Å². The molecule has 2 rings (SSSR count). The molecule has 1 aliphatic heterocycles. The summed E-state index contributed by atoms with van der Waals surface area (Å²) >= 11 is 0. The monoisotopic (exact) mass is 302 g/mol. The number of hydrogen-bond donors (Lipinski definition) is 3. The van der Waals surface area contributed by atoms with Crippen LogP contribution in [-0.2, 0) is 14.4 Å². The molecule has 3 N–H and O–H groups in total. The highest BCUT2D eigenvalue weighted by molar-refractivity contribution is 6.09. The number of rotatable bonds is 5. The summed E-state index contributed by atoms with van der Waals surface area (Å²) in [6.07, 6.45) is 4.76. The van der Waals surface area contributed by atoms with Crippen LogP contribution in [0.3, 0.4) is 0 Å². The van der Waals surface area contributed by atoms with Gasteiger partial charge in [0.25, 0.3) is 5.91 Å². The summed E-state index contributed by atoms with van der Waals surface area (Å²) < 4.78 is 0. The Morgan fingerprint density at radius 2 is 1.86 bits per heavy atom. The van der Waals surface area contributed by atoms with Gasteiger partial charge in [0.2, 0.25) is 0 Å². The largest absolute Gasteiger partial charge is 0.480 e. The summed E-state index contributed by atoms with van der Waals surface area (Å²) in [6, 6.07) is 6.88. The lowest BCUT2D eigenvalue weighted by Gasteiger charge is -2.25. The van der Waals surface area contributed by atoms with Gasteiger partial charge in [0, 0.05) is 0 Å². The highest BCUT2D eigenvalue weighted by Gasteiger charge is 2.24. The Morgan fingerprint density at radius 3 is 2.55 bits per heavy atom. The minimum absolute atomic E-state index is 0.0226. The van der Waals surface area contributed by atoms with Gasteiger partial charge in [-0.3, -0.25) is 19.3 Å². The second-order valence-electron chi connectivity index (χ2n) is 4.53. The van der Waals surface area contributed by atoms with Crippen LogP contribution in [0.2, 0.25) is 0 Å². The zero-order valence-corrected chi connectivity index (χ0v) is 11.5. The van der Waals surface area contributed by atoms with Crippen LogP contribution in [0.5, 0.6) is 0 Å².